The molecule has 2 aromatic rings. The number of aromatic nitrogens is 3. The van der Waals surface area contributed by atoms with E-state index in [0.29, 0.717) is 17.4 Å². The van der Waals surface area contributed by atoms with Crippen molar-refractivity contribution in [3.63, 3.8) is 0 Å². The van der Waals surface area contributed by atoms with Crippen molar-refractivity contribution < 1.29 is 19.4 Å². The fraction of sp³-hybridized carbons (Fsp3) is 0.353. The molecule has 8 heteroatoms. The summed E-state index contributed by atoms with van der Waals surface area (Å²) in [6.07, 6.45) is 3.92. The molecule has 2 atom stereocenters. The maximum absolute atomic E-state index is 11.4. The molecule has 2 heterocycles. The monoisotopic (exact) mass is 344 g/mol. The van der Waals surface area contributed by atoms with Crippen molar-refractivity contribution in [2.24, 2.45) is 0 Å². The van der Waals surface area contributed by atoms with E-state index < -0.39 is 12.0 Å². The van der Waals surface area contributed by atoms with Gasteiger partial charge >= 0.3 is 5.97 Å². The van der Waals surface area contributed by atoms with Gasteiger partial charge in [0.1, 0.15) is 18.1 Å². The normalized spacial score (nSPS) is 17.1. The first-order valence-electron chi connectivity index (χ1n) is 7.99. The molecule has 1 aromatic carbocycles. The SMILES string of the molecule is CC[C@H](C)Oc1ccc([C@@H]2C=C(C(=O)O)Nc3ncnn32)cc1OC. The summed E-state index contributed by atoms with van der Waals surface area (Å²) < 4.78 is 12.9. The summed E-state index contributed by atoms with van der Waals surface area (Å²) in [7, 11) is 1.57. The predicted molar refractivity (Wildman–Crippen MR) is 90.9 cm³/mol. The fourth-order valence-electron chi connectivity index (χ4n) is 2.56. The molecule has 0 saturated carbocycles. The lowest BCUT2D eigenvalue weighted by Gasteiger charge is -2.23. The molecule has 8 nitrogen and oxygen atoms in total. The van der Waals surface area contributed by atoms with E-state index in [1.807, 2.05) is 32.0 Å². The van der Waals surface area contributed by atoms with E-state index in [-0.39, 0.29) is 11.8 Å². The summed E-state index contributed by atoms with van der Waals surface area (Å²) in [6, 6.07) is 5.12. The van der Waals surface area contributed by atoms with E-state index in [4.69, 9.17) is 9.47 Å². The number of carboxylic acid groups (broad SMARTS) is 1. The number of aliphatic carboxylic acids is 1. The Bertz CT molecular complexity index is 815. The minimum atomic E-state index is -1.05. The zero-order valence-electron chi connectivity index (χ0n) is 14.3. The lowest BCUT2D eigenvalue weighted by Crippen LogP contribution is -2.24. The van der Waals surface area contributed by atoms with Gasteiger partial charge in [-0.3, -0.25) is 0 Å². The average molecular weight is 344 g/mol. The van der Waals surface area contributed by atoms with Crippen LogP contribution in [0.5, 0.6) is 11.5 Å². The fourth-order valence-corrected chi connectivity index (χ4v) is 2.56. The number of nitrogens with zero attached hydrogens (tertiary/aromatic N) is 3. The van der Waals surface area contributed by atoms with Gasteiger partial charge in [0.2, 0.25) is 5.95 Å². The van der Waals surface area contributed by atoms with Gasteiger partial charge in [-0.15, -0.1) is 0 Å². The smallest absolute Gasteiger partial charge is 0.352 e. The number of rotatable bonds is 6. The highest BCUT2D eigenvalue weighted by atomic mass is 16.5. The number of fused-ring (bicyclic) bond motifs is 1. The van der Waals surface area contributed by atoms with Gasteiger partial charge in [0.25, 0.3) is 0 Å². The number of ether oxygens (including phenoxy) is 2. The lowest BCUT2D eigenvalue weighted by atomic mass is 10.0. The van der Waals surface area contributed by atoms with Gasteiger partial charge in [0.05, 0.1) is 13.2 Å². The van der Waals surface area contributed by atoms with Crippen LogP contribution >= 0.6 is 0 Å². The molecular formula is C17H20N4O4. The standard InChI is InChI=1S/C17H20N4O4/c1-4-10(2)25-14-6-5-11(7-15(14)24-3)13-8-12(16(22)23)20-17-18-9-19-21(13)17/h5-10,13H,4H2,1-3H3,(H,22,23)(H,18,19,20)/t10-,13-/m0/s1. The Morgan fingerprint density at radius 1 is 1.44 bits per heavy atom. The highest BCUT2D eigenvalue weighted by Gasteiger charge is 2.26. The number of nitrogens with one attached hydrogen (secondary N) is 1. The van der Waals surface area contributed by atoms with Crippen LogP contribution in [0.4, 0.5) is 5.95 Å². The molecule has 1 aliphatic heterocycles. The van der Waals surface area contributed by atoms with Crippen LogP contribution in [0.3, 0.4) is 0 Å². The van der Waals surface area contributed by atoms with Gasteiger partial charge in [-0.05, 0) is 37.1 Å². The second-order valence-corrected chi connectivity index (χ2v) is 5.73. The number of carbonyl (C=O) groups is 1. The topological polar surface area (TPSA) is 98.5 Å². The zero-order valence-corrected chi connectivity index (χ0v) is 14.3. The first-order chi connectivity index (χ1) is 12.0. The summed E-state index contributed by atoms with van der Waals surface area (Å²) in [5, 5.41) is 16.2. The zero-order chi connectivity index (χ0) is 18.0. The molecule has 132 valence electrons. The van der Waals surface area contributed by atoms with Gasteiger partial charge in [-0.2, -0.15) is 10.1 Å². The summed E-state index contributed by atoms with van der Waals surface area (Å²) >= 11 is 0. The Labute approximate surface area is 145 Å². The first kappa shape index (κ1) is 16.8. The lowest BCUT2D eigenvalue weighted by molar-refractivity contribution is -0.132. The molecule has 2 N–H and O–H groups in total. The third-order valence-corrected chi connectivity index (χ3v) is 4.07. The van der Waals surface area contributed by atoms with E-state index >= 15 is 0 Å². The highest BCUT2D eigenvalue weighted by molar-refractivity contribution is 5.90. The minimum absolute atomic E-state index is 0.0596. The molecule has 25 heavy (non-hydrogen) atoms. The van der Waals surface area contributed by atoms with Crippen molar-refractivity contribution in [1.29, 1.82) is 0 Å². The van der Waals surface area contributed by atoms with Crippen LogP contribution in [0, 0.1) is 0 Å². The van der Waals surface area contributed by atoms with Crippen molar-refractivity contribution in [2.45, 2.75) is 32.4 Å². The minimum Gasteiger partial charge on any atom is -0.493 e. The van der Waals surface area contributed by atoms with Crippen LogP contribution < -0.4 is 14.8 Å². The Morgan fingerprint density at radius 3 is 2.92 bits per heavy atom. The van der Waals surface area contributed by atoms with Crippen molar-refractivity contribution in [1.82, 2.24) is 14.8 Å². The van der Waals surface area contributed by atoms with Crippen molar-refractivity contribution >= 4 is 11.9 Å². The van der Waals surface area contributed by atoms with Crippen LogP contribution in [0.1, 0.15) is 31.9 Å². The van der Waals surface area contributed by atoms with E-state index in [0.717, 1.165) is 12.0 Å². The third-order valence-electron chi connectivity index (χ3n) is 4.07. The summed E-state index contributed by atoms with van der Waals surface area (Å²) in [5.41, 5.74) is 0.879. The Balaban J connectivity index is 2.00. The molecular weight excluding hydrogens is 324 g/mol. The second-order valence-electron chi connectivity index (χ2n) is 5.73. The van der Waals surface area contributed by atoms with E-state index in [9.17, 15) is 9.90 Å². The first-order valence-corrected chi connectivity index (χ1v) is 7.99. The number of hydrogen-bond acceptors (Lipinski definition) is 6. The van der Waals surface area contributed by atoms with Crippen molar-refractivity contribution in [3.8, 4) is 11.5 Å². The molecule has 1 aromatic heterocycles. The molecule has 0 saturated heterocycles. The number of hydrogen-bond donors (Lipinski definition) is 2. The number of carboxylic acids is 1. The maximum atomic E-state index is 11.4. The number of methoxy groups -OCH3 is 1. The average Bonchev–Trinajstić information content (AvgIpc) is 3.09. The molecule has 0 aliphatic carbocycles. The number of benzene rings is 1. The largest absolute Gasteiger partial charge is 0.493 e. The van der Waals surface area contributed by atoms with Gasteiger partial charge in [0.15, 0.2) is 11.5 Å². The molecule has 3 rings (SSSR count). The molecule has 0 spiro atoms. The molecule has 0 bridgehead atoms. The van der Waals surface area contributed by atoms with E-state index in [1.165, 1.54) is 6.33 Å². The quantitative estimate of drug-likeness (QED) is 0.830. The van der Waals surface area contributed by atoms with Gasteiger partial charge in [0, 0.05) is 0 Å². The number of allylic oxidation sites excluding steroid dienone is 1. The molecule has 0 unspecified atom stereocenters. The molecule has 0 radical (unpaired) electrons. The van der Waals surface area contributed by atoms with Crippen LogP contribution in [0.2, 0.25) is 0 Å². The summed E-state index contributed by atoms with van der Waals surface area (Å²) in [5.74, 6) is 0.561. The number of anilines is 1. The highest BCUT2D eigenvalue weighted by Crippen LogP contribution is 2.35. The van der Waals surface area contributed by atoms with Gasteiger partial charge < -0.3 is 19.9 Å². The third kappa shape index (κ3) is 3.28. The van der Waals surface area contributed by atoms with Crippen LogP contribution in [-0.4, -0.2) is 39.1 Å². The van der Waals surface area contributed by atoms with Gasteiger partial charge in [-0.25, -0.2) is 9.48 Å². The second kappa shape index (κ2) is 6.84. The van der Waals surface area contributed by atoms with Crippen LogP contribution in [-0.2, 0) is 4.79 Å². The molecule has 0 amide bonds. The Hall–Kier alpha value is -3.03. The predicted octanol–water partition coefficient (Wildman–Crippen LogP) is 2.45. The maximum Gasteiger partial charge on any atom is 0.352 e. The van der Waals surface area contributed by atoms with Crippen molar-refractivity contribution in [2.75, 3.05) is 12.4 Å². The Kier molecular flexibility index (Phi) is 4.60. The summed E-state index contributed by atoms with van der Waals surface area (Å²) in [4.78, 5) is 15.4. The summed E-state index contributed by atoms with van der Waals surface area (Å²) in [6.45, 7) is 4.04. The van der Waals surface area contributed by atoms with E-state index in [2.05, 4.69) is 15.4 Å². The van der Waals surface area contributed by atoms with E-state index in [1.54, 1.807) is 17.9 Å². The molecule has 1 aliphatic rings. The Morgan fingerprint density at radius 2 is 2.24 bits per heavy atom. The van der Waals surface area contributed by atoms with Crippen molar-refractivity contribution in [3.05, 3.63) is 41.9 Å². The van der Waals surface area contributed by atoms with Crippen LogP contribution in [0.25, 0.3) is 0 Å². The van der Waals surface area contributed by atoms with Crippen LogP contribution in [0.15, 0.2) is 36.3 Å². The molecule has 0 fully saturated rings. The van der Waals surface area contributed by atoms with Gasteiger partial charge in [-0.1, -0.05) is 13.0 Å².